The lowest BCUT2D eigenvalue weighted by atomic mass is 9.92. The third kappa shape index (κ3) is 3.55. The molecule has 1 aliphatic rings. The van der Waals surface area contributed by atoms with Crippen LogP contribution in [0.15, 0.2) is 53.7 Å². The molecule has 1 aliphatic heterocycles. The first-order valence-electron chi connectivity index (χ1n) is 7.57. The van der Waals surface area contributed by atoms with E-state index in [4.69, 9.17) is 28.0 Å². The van der Waals surface area contributed by atoms with E-state index in [0.29, 0.717) is 22.3 Å². The second kappa shape index (κ2) is 7.24. The van der Waals surface area contributed by atoms with Crippen molar-refractivity contribution in [1.29, 1.82) is 0 Å². The Morgan fingerprint density at radius 1 is 1.17 bits per heavy atom. The number of oxime groups is 1. The molecule has 0 aromatic heterocycles. The molecule has 0 unspecified atom stereocenters. The van der Waals surface area contributed by atoms with Gasteiger partial charge in [0.1, 0.15) is 17.7 Å². The molecule has 4 nitrogen and oxygen atoms in total. The van der Waals surface area contributed by atoms with Crippen molar-refractivity contribution >= 4 is 34.8 Å². The summed E-state index contributed by atoms with van der Waals surface area (Å²) in [5.41, 5.74) is 2.24. The fourth-order valence-corrected chi connectivity index (χ4v) is 2.96. The van der Waals surface area contributed by atoms with Crippen LogP contribution in [-0.2, 0) is 16.2 Å². The van der Waals surface area contributed by atoms with Crippen molar-refractivity contribution in [2.24, 2.45) is 11.1 Å². The van der Waals surface area contributed by atoms with E-state index in [1.165, 1.54) is 0 Å². The van der Waals surface area contributed by atoms with Gasteiger partial charge in [0.2, 0.25) is 5.91 Å². The molecule has 24 heavy (non-hydrogen) atoms. The Morgan fingerprint density at radius 2 is 1.88 bits per heavy atom. The van der Waals surface area contributed by atoms with E-state index in [-0.39, 0.29) is 12.0 Å². The highest BCUT2D eigenvalue weighted by Crippen LogP contribution is 2.27. The Bertz CT molecular complexity index is 775. The second-order valence-corrected chi connectivity index (χ2v) is 6.43. The van der Waals surface area contributed by atoms with Gasteiger partial charge in [0.05, 0.1) is 0 Å². The number of nitrogens with one attached hydrogen (secondary N) is 1. The highest BCUT2D eigenvalue weighted by molar-refractivity contribution is 6.35. The number of carbonyl (C=O) groups is 1. The van der Waals surface area contributed by atoms with Crippen LogP contribution in [0.5, 0.6) is 0 Å². The van der Waals surface area contributed by atoms with E-state index in [1.54, 1.807) is 18.2 Å². The highest BCUT2D eigenvalue weighted by atomic mass is 35.5. The van der Waals surface area contributed by atoms with Gasteiger partial charge in [-0.15, -0.1) is 0 Å². The molecule has 2 aromatic carbocycles. The summed E-state index contributed by atoms with van der Waals surface area (Å²) in [6.07, 6.45) is -0.346. The van der Waals surface area contributed by atoms with Crippen molar-refractivity contribution < 1.29 is 9.63 Å². The molecule has 6 heteroatoms. The number of halogens is 2. The molecule has 0 fully saturated rings. The lowest BCUT2D eigenvalue weighted by Crippen LogP contribution is -2.39. The van der Waals surface area contributed by atoms with Crippen LogP contribution in [0.3, 0.4) is 0 Å². The van der Waals surface area contributed by atoms with Gasteiger partial charge in [-0.05, 0) is 30.7 Å². The fraction of sp³-hybridized carbons (Fsp3) is 0.222. The molecule has 1 amide bonds. The minimum Gasteiger partial charge on any atom is -0.391 e. The molecule has 2 aromatic rings. The predicted octanol–water partition coefficient (Wildman–Crippen LogP) is 4.05. The Labute approximate surface area is 150 Å². The SMILES string of the molecule is C[C@H]1ON=C(c2ccccc2Cl)[C@@H]1C(=O)NCc1ccc(Cl)cc1. The van der Waals surface area contributed by atoms with Crippen LogP contribution < -0.4 is 5.32 Å². The third-order valence-electron chi connectivity index (χ3n) is 3.89. The summed E-state index contributed by atoms with van der Waals surface area (Å²) >= 11 is 12.1. The summed E-state index contributed by atoms with van der Waals surface area (Å²) in [4.78, 5) is 18.0. The van der Waals surface area contributed by atoms with Gasteiger partial charge in [-0.25, -0.2) is 0 Å². The smallest absolute Gasteiger partial charge is 0.233 e. The van der Waals surface area contributed by atoms with Crippen molar-refractivity contribution in [3.8, 4) is 0 Å². The quantitative estimate of drug-likeness (QED) is 0.891. The lowest BCUT2D eigenvalue weighted by molar-refractivity contribution is -0.125. The zero-order chi connectivity index (χ0) is 17.1. The lowest BCUT2D eigenvalue weighted by Gasteiger charge is -2.16. The number of nitrogens with zero attached hydrogens (tertiary/aromatic N) is 1. The van der Waals surface area contributed by atoms with Gasteiger partial charge in [-0.3, -0.25) is 4.79 Å². The van der Waals surface area contributed by atoms with Gasteiger partial charge in [-0.1, -0.05) is 58.7 Å². The summed E-state index contributed by atoms with van der Waals surface area (Å²) in [5, 5.41) is 8.20. The van der Waals surface area contributed by atoms with E-state index in [0.717, 1.165) is 11.1 Å². The average molecular weight is 363 g/mol. The van der Waals surface area contributed by atoms with Gasteiger partial charge in [0.15, 0.2) is 0 Å². The number of carbonyl (C=O) groups excluding carboxylic acids is 1. The third-order valence-corrected chi connectivity index (χ3v) is 4.48. The van der Waals surface area contributed by atoms with Crippen LogP contribution >= 0.6 is 23.2 Å². The molecular weight excluding hydrogens is 347 g/mol. The van der Waals surface area contributed by atoms with Crippen LogP contribution in [0.25, 0.3) is 0 Å². The van der Waals surface area contributed by atoms with E-state index >= 15 is 0 Å². The first-order valence-corrected chi connectivity index (χ1v) is 8.32. The van der Waals surface area contributed by atoms with Crippen molar-refractivity contribution in [2.45, 2.75) is 19.6 Å². The maximum absolute atomic E-state index is 12.6. The molecule has 0 saturated carbocycles. The zero-order valence-electron chi connectivity index (χ0n) is 13.0. The Hall–Kier alpha value is -2.04. The topological polar surface area (TPSA) is 50.7 Å². The Balaban J connectivity index is 1.74. The minimum atomic E-state index is -0.503. The predicted molar refractivity (Wildman–Crippen MR) is 95.3 cm³/mol. The second-order valence-electron chi connectivity index (χ2n) is 5.59. The molecule has 2 atom stereocenters. The molecule has 0 spiro atoms. The van der Waals surface area contributed by atoms with Crippen LogP contribution in [-0.4, -0.2) is 17.7 Å². The number of rotatable bonds is 4. The standard InChI is InChI=1S/C18H16Cl2N2O2/c1-11-16(17(22-24-11)14-4-2-3-5-15(14)20)18(23)21-10-12-6-8-13(19)9-7-12/h2-9,11,16H,10H2,1H3,(H,21,23)/t11-,16-/m1/s1. The summed E-state index contributed by atoms with van der Waals surface area (Å²) in [6.45, 7) is 2.23. The van der Waals surface area contributed by atoms with Crippen molar-refractivity contribution in [3.05, 3.63) is 69.7 Å². The number of hydrogen-bond donors (Lipinski definition) is 1. The largest absolute Gasteiger partial charge is 0.391 e. The summed E-state index contributed by atoms with van der Waals surface area (Å²) in [5.74, 6) is -0.647. The summed E-state index contributed by atoms with van der Waals surface area (Å²) < 4.78 is 0. The number of amides is 1. The average Bonchev–Trinajstić information content (AvgIpc) is 2.96. The summed E-state index contributed by atoms with van der Waals surface area (Å²) in [6, 6.07) is 14.6. The van der Waals surface area contributed by atoms with Gasteiger partial charge in [0.25, 0.3) is 0 Å². The first kappa shape index (κ1) is 16.8. The molecule has 1 heterocycles. The van der Waals surface area contributed by atoms with E-state index in [2.05, 4.69) is 10.5 Å². The summed E-state index contributed by atoms with van der Waals surface area (Å²) in [7, 11) is 0. The van der Waals surface area contributed by atoms with Crippen LogP contribution in [0, 0.1) is 5.92 Å². The zero-order valence-corrected chi connectivity index (χ0v) is 14.5. The maximum Gasteiger partial charge on any atom is 0.233 e. The van der Waals surface area contributed by atoms with E-state index in [1.807, 2.05) is 37.3 Å². The maximum atomic E-state index is 12.6. The molecular formula is C18H16Cl2N2O2. The highest BCUT2D eigenvalue weighted by Gasteiger charge is 2.38. The van der Waals surface area contributed by atoms with Crippen LogP contribution in [0.1, 0.15) is 18.1 Å². The van der Waals surface area contributed by atoms with Gasteiger partial charge >= 0.3 is 0 Å². The number of benzene rings is 2. The van der Waals surface area contributed by atoms with Gasteiger partial charge in [0, 0.05) is 22.2 Å². The molecule has 0 saturated heterocycles. The van der Waals surface area contributed by atoms with Crippen molar-refractivity contribution in [1.82, 2.24) is 5.32 Å². The van der Waals surface area contributed by atoms with E-state index < -0.39 is 5.92 Å². The van der Waals surface area contributed by atoms with Gasteiger partial charge in [-0.2, -0.15) is 0 Å². The van der Waals surface area contributed by atoms with Crippen molar-refractivity contribution in [3.63, 3.8) is 0 Å². The molecule has 3 rings (SSSR count). The van der Waals surface area contributed by atoms with Crippen molar-refractivity contribution in [2.75, 3.05) is 0 Å². The molecule has 0 radical (unpaired) electrons. The minimum absolute atomic E-state index is 0.145. The van der Waals surface area contributed by atoms with Crippen LogP contribution in [0.4, 0.5) is 0 Å². The van der Waals surface area contributed by atoms with Crippen LogP contribution in [0.2, 0.25) is 10.0 Å². The van der Waals surface area contributed by atoms with E-state index in [9.17, 15) is 4.79 Å². The van der Waals surface area contributed by atoms with Gasteiger partial charge < -0.3 is 10.2 Å². The Kier molecular flexibility index (Phi) is 5.07. The Morgan fingerprint density at radius 3 is 2.58 bits per heavy atom. The monoisotopic (exact) mass is 362 g/mol. The fourth-order valence-electron chi connectivity index (χ4n) is 2.60. The number of hydrogen-bond acceptors (Lipinski definition) is 3. The molecule has 124 valence electrons. The molecule has 0 bridgehead atoms. The molecule has 1 N–H and O–H groups in total. The first-order chi connectivity index (χ1) is 11.6. The normalized spacial score (nSPS) is 19.5. The molecule has 0 aliphatic carbocycles.